The molecule has 3 aromatic rings. The van der Waals surface area contributed by atoms with Gasteiger partial charge >= 0.3 is 0 Å². The molecule has 0 bridgehead atoms. The van der Waals surface area contributed by atoms with Gasteiger partial charge in [0.15, 0.2) is 23.2 Å². The lowest BCUT2D eigenvalue weighted by atomic mass is 9.79. The van der Waals surface area contributed by atoms with Gasteiger partial charge in [-0.2, -0.15) is 0 Å². The van der Waals surface area contributed by atoms with Crippen molar-refractivity contribution in [1.29, 1.82) is 0 Å². The average Bonchev–Trinajstić information content (AvgIpc) is 3.50. The number of carbonyl (C=O) groups excluding carboxylic acids is 1. The molecule has 3 atom stereocenters. The summed E-state index contributed by atoms with van der Waals surface area (Å²) in [5, 5.41) is 3.30. The maximum absolute atomic E-state index is 15.7. The van der Waals surface area contributed by atoms with E-state index in [1.807, 2.05) is 11.9 Å². The molecule has 0 radical (unpaired) electrons. The summed E-state index contributed by atoms with van der Waals surface area (Å²) in [7, 11) is 3.23. The highest BCUT2D eigenvalue weighted by molar-refractivity contribution is 7.06. The maximum Gasteiger partial charge on any atom is 0.269 e. The van der Waals surface area contributed by atoms with Gasteiger partial charge in [-0.05, 0) is 31.9 Å². The molecule has 3 heterocycles. The van der Waals surface area contributed by atoms with Crippen LogP contribution in [-0.2, 0) is 0 Å². The number of rotatable bonds is 6. The Labute approximate surface area is 214 Å². The highest BCUT2D eigenvalue weighted by Gasteiger charge is 2.43. The number of hydrogen-bond donors (Lipinski definition) is 3. The number of hydrogen-bond acceptors (Lipinski definition) is 8. The number of fused-ring (bicyclic) bond motifs is 2. The van der Waals surface area contributed by atoms with E-state index in [1.165, 1.54) is 7.11 Å². The molecule has 8 nitrogen and oxygen atoms in total. The molecular weight excluding hydrogens is 507 g/mol. The van der Waals surface area contributed by atoms with Crippen LogP contribution in [0.2, 0.25) is 0 Å². The van der Waals surface area contributed by atoms with Gasteiger partial charge < -0.3 is 20.7 Å². The summed E-state index contributed by atoms with van der Waals surface area (Å²) in [5.74, 6) is -4.85. The molecule has 1 fully saturated rings. The lowest BCUT2D eigenvalue weighted by molar-refractivity contribution is 0.103. The number of ketones is 1. The van der Waals surface area contributed by atoms with Crippen molar-refractivity contribution in [1.82, 2.24) is 14.7 Å². The highest BCUT2D eigenvalue weighted by atomic mass is 32.1. The van der Waals surface area contributed by atoms with Gasteiger partial charge in [-0.1, -0.05) is 18.5 Å². The van der Waals surface area contributed by atoms with Crippen LogP contribution in [0.1, 0.15) is 57.7 Å². The number of methoxy groups -OCH3 is 1. The summed E-state index contributed by atoms with van der Waals surface area (Å²) in [6.45, 7) is 3.17. The van der Waals surface area contributed by atoms with Gasteiger partial charge in [0.05, 0.1) is 23.6 Å². The minimum absolute atomic E-state index is 0.0436. The molecule has 37 heavy (non-hydrogen) atoms. The molecule has 2 aromatic heterocycles. The fraction of sp³-hybridized carbons (Fsp3) is 0.400. The SMILES string of the molecule is CCC(NC)[C@@H]1CCN(c2c(F)cc3c(c2OC)C(c2nc(N)c(F)cc2F)c2s[nH]c(=O)c2C3=O)C1. The Morgan fingerprint density at radius 2 is 2.03 bits per heavy atom. The Morgan fingerprint density at radius 1 is 1.27 bits per heavy atom. The zero-order valence-electron chi connectivity index (χ0n) is 20.5. The van der Waals surface area contributed by atoms with E-state index in [1.54, 1.807) is 0 Å². The number of nitrogens with one attached hydrogen (secondary N) is 2. The molecule has 2 unspecified atom stereocenters. The third kappa shape index (κ3) is 3.89. The highest BCUT2D eigenvalue weighted by Crippen LogP contribution is 2.50. The van der Waals surface area contributed by atoms with Gasteiger partial charge in [-0.3, -0.25) is 14.0 Å². The minimum atomic E-state index is -1.15. The largest absolute Gasteiger partial charge is 0.494 e. The molecule has 1 aromatic carbocycles. The van der Waals surface area contributed by atoms with Crippen molar-refractivity contribution >= 4 is 28.8 Å². The molecule has 1 aliphatic carbocycles. The summed E-state index contributed by atoms with van der Waals surface area (Å²) in [6, 6.07) is 1.91. The second-order valence-electron chi connectivity index (χ2n) is 9.26. The number of halogens is 3. The Balaban J connectivity index is 1.75. The summed E-state index contributed by atoms with van der Waals surface area (Å²) in [4.78, 5) is 31.9. The zero-order chi connectivity index (χ0) is 26.6. The molecule has 1 saturated heterocycles. The number of benzene rings is 1. The van der Waals surface area contributed by atoms with Crippen molar-refractivity contribution in [2.24, 2.45) is 5.92 Å². The summed E-state index contributed by atoms with van der Waals surface area (Å²) < 4.78 is 53.1. The second kappa shape index (κ2) is 9.49. The quantitative estimate of drug-likeness (QED) is 0.348. The fourth-order valence-corrected chi connectivity index (χ4v) is 6.60. The number of anilines is 2. The Bertz CT molecular complexity index is 1450. The normalized spacial score (nSPS) is 19.6. The van der Waals surface area contributed by atoms with Gasteiger partial charge in [0, 0.05) is 36.3 Å². The summed E-state index contributed by atoms with van der Waals surface area (Å²) in [5.41, 5.74) is 4.63. The van der Waals surface area contributed by atoms with Crippen LogP contribution in [0, 0.1) is 23.4 Å². The van der Waals surface area contributed by atoms with Crippen LogP contribution in [0.15, 0.2) is 16.9 Å². The van der Waals surface area contributed by atoms with E-state index in [9.17, 15) is 14.0 Å². The number of aromatic nitrogens is 2. The van der Waals surface area contributed by atoms with E-state index >= 15 is 8.78 Å². The maximum atomic E-state index is 15.7. The smallest absolute Gasteiger partial charge is 0.269 e. The molecule has 12 heteroatoms. The van der Waals surface area contributed by atoms with E-state index in [0.717, 1.165) is 30.4 Å². The number of pyridine rings is 1. The van der Waals surface area contributed by atoms with Crippen LogP contribution < -0.4 is 26.2 Å². The average molecular weight is 534 g/mol. The first-order chi connectivity index (χ1) is 17.7. The van der Waals surface area contributed by atoms with Gasteiger partial charge in [-0.25, -0.2) is 18.2 Å². The lowest BCUT2D eigenvalue weighted by Gasteiger charge is -2.31. The number of nitrogen functional groups attached to an aromatic ring is 1. The van der Waals surface area contributed by atoms with Gasteiger partial charge in [0.25, 0.3) is 5.56 Å². The van der Waals surface area contributed by atoms with Crippen LogP contribution in [-0.4, -0.2) is 48.4 Å². The Hall–Kier alpha value is -3.38. The van der Waals surface area contributed by atoms with Gasteiger partial charge in [-0.15, -0.1) is 0 Å². The van der Waals surface area contributed by atoms with Crippen molar-refractivity contribution in [3.05, 3.63) is 67.2 Å². The molecule has 0 amide bonds. The third-order valence-electron chi connectivity index (χ3n) is 7.38. The molecule has 4 N–H and O–H groups in total. The third-order valence-corrected chi connectivity index (χ3v) is 8.33. The Morgan fingerprint density at radius 3 is 2.70 bits per heavy atom. The van der Waals surface area contributed by atoms with Gasteiger partial charge in [0.1, 0.15) is 22.8 Å². The summed E-state index contributed by atoms with van der Waals surface area (Å²) in [6.07, 6.45) is 1.72. The van der Waals surface area contributed by atoms with Crippen molar-refractivity contribution in [2.75, 3.05) is 37.9 Å². The molecule has 5 rings (SSSR count). The van der Waals surface area contributed by atoms with E-state index in [0.29, 0.717) is 19.2 Å². The first kappa shape index (κ1) is 25.3. The molecule has 0 saturated carbocycles. The van der Waals surface area contributed by atoms with Gasteiger partial charge in [0.2, 0.25) is 0 Å². The minimum Gasteiger partial charge on any atom is -0.494 e. The standard InChI is InChI=1S/C25H26F3N5O3S/c1-4-15(30-2)10-5-6-33(9-10)20-13(27)7-11-16(22(20)36-3)17(19-12(26)8-14(28)24(29)31-19)23-18(21(11)34)25(35)32-37-23/h7-8,10,15,17,30H,4-6,9H2,1-3H3,(H2,29,31)(H,32,35)/t10-,15?,17?/m1/s1. The molecule has 0 spiro atoms. The number of nitrogens with zero attached hydrogens (tertiary/aromatic N) is 2. The molecular formula is C25H26F3N5O3S. The monoisotopic (exact) mass is 533 g/mol. The first-order valence-electron chi connectivity index (χ1n) is 11.9. The van der Waals surface area contributed by atoms with E-state index in [-0.39, 0.29) is 50.7 Å². The number of ether oxygens (including phenoxy) is 1. The van der Waals surface area contributed by atoms with Crippen LogP contribution in [0.5, 0.6) is 5.75 Å². The number of aromatic amines is 1. The van der Waals surface area contributed by atoms with Crippen molar-refractivity contribution in [3.63, 3.8) is 0 Å². The molecule has 196 valence electrons. The second-order valence-corrected chi connectivity index (χ2v) is 10.1. The predicted octanol–water partition coefficient (Wildman–Crippen LogP) is 3.39. The Kier molecular flexibility index (Phi) is 6.48. The van der Waals surface area contributed by atoms with E-state index in [4.69, 9.17) is 10.5 Å². The van der Waals surface area contributed by atoms with Crippen LogP contribution in [0.3, 0.4) is 0 Å². The van der Waals surface area contributed by atoms with Crippen molar-refractivity contribution in [2.45, 2.75) is 31.7 Å². The number of H-pyrrole nitrogens is 1. The van der Waals surface area contributed by atoms with E-state index in [2.05, 4.69) is 21.6 Å². The van der Waals surface area contributed by atoms with Crippen molar-refractivity contribution in [3.8, 4) is 5.75 Å². The summed E-state index contributed by atoms with van der Waals surface area (Å²) >= 11 is 0.842. The molecule has 2 aliphatic rings. The van der Waals surface area contributed by atoms with Crippen molar-refractivity contribution < 1.29 is 22.7 Å². The predicted molar refractivity (Wildman–Crippen MR) is 134 cm³/mol. The number of carbonyl (C=O) groups is 1. The molecule has 1 aliphatic heterocycles. The topological polar surface area (TPSA) is 113 Å². The van der Waals surface area contributed by atoms with Crippen LogP contribution in [0.25, 0.3) is 0 Å². The number of nitrogens with two attached hydrogens (primary N) is 1. The van der Waals surface area contributed by atoms with E-state index < -0.39 is 40.5 Å². The zero-order valence-corrected chi connectivity index (χ0v) is 21.3. The first-order valence-corrected chi connectivity index (χ1v) is 12.7. The lowest BCUT2D eigenvalue weighted by Crippen LogP contribution is -2.35. The fourth-order valence-electron chi connectivity index (χ4n) is 5.66. The van der Waals surface area contributed by atoms with Crippen LogP contribution >= 0.6 is 11.5 Å². The van der Waals surface area contributed by atoms with Crippen LogP contribution in [0.4, 0.5) is 24.7 Å².